The molecule has 0 unspecified atom stereocenters. The molecule has 0 aliphatic carbocycles. The van der Waals surface area contributed by atoms with Crippen LogP contribution < -0.4 is 10.1 Å². The van der Waals surface area contributed by atoms with Gasteiger partial charge < -0.3 is 10.1 Å². The van der Waals surface area contributed by atoms with Crippen LogP contribution in [-0.4, -0.2) is 11.6 Å². The number of ether oxygens (including phenoxy) is 1. The van der Waals surface area contributed by atoms with Gasteiger partial charge in [-0.2, -0.15) is 0 Å². The summed E-state index contributed by atoms with van der Waals surface area (Å²) >= 11 is 5.82. The third kappa shape index (κ3) is 3.64. The largest absolute Gasteiger partial charge is 0.494 e. The Hall–Kier alpha value is -1.74. The van der Waals surface area contributed by atoms with Crippen LogP contribution in [0.5, 0.6) is 5.75 Å². The van der Waals surface area contributed by atoms with E-state index in [1.54, 1.807) is 6.07 Å². The van der Waals surface area contributed by atoms with E-state index in [-0.39, 0.29) is 0 Å². The molecule has 1 N–H and O–H groups in total. The fourth-order valence-corrected chi connectivity index (χ4v) is 1.78. The Labute approximate surface area is 112 Å². The first kappa shape index (κ1) is 12.7. The number of hydrogen-bond acceptors (Lipinski definition) is 3. The van der Waals surface area contributed by atoms with E-state index in [1.165, 1.54) is 0 Å². The van der Waals surface area contributed by atoms with Crippen molar-refractivity contribution in [3.05, 3.63) is 53.2 Å². The van der Waals surface area contributed by atoms with E-state index in [0.29, 0.717) is 18.3 Å². The highest BCUT2D eigenvalue weighted by atomic mass is 35.5. The number of benzene rings is 1. The summed E-state index contributed by atoms with van der Waals surface area (Å²) < 4.78 is 5.45. The topological polar surface area (TPSA) is 34.1 Å². The van der Waals surface area contributed by atoms with Crippen molar-refractivity contribution >= 4 is 17.4 Å². The van der Waals surface area contributed by atoms with Gasteiger partial charge in [-0.3, -0.25) is 0 Å². The standard InChI is InChI=1S/C14H15ClN2O/c1-2-18-12-6-3-5-11(9-12)10-16-14-8-4-7-13(15)17-14/h3-9H,2,10H2,1H3,(H,16,17). The van der Waals surface area contributed by atoms with E-state index in [1.807, 2.05) is 43.3 Å². The van der Waals surface area contributed by atoms with Crippen LogP contribution in [0.25, 0.3) is 0 Å². The van der Waals surface area contributed by atoms with Crippen LogP contribution in [0, 0.1) is 0 Å². The molecule has 0 amide bonds. The van der Waals surface area contributed by atoms with Gasteiger partial charge >= 0.3 is 0 Å². The average Bonchev–Trinajstić information content (AvgIpc) is 2.37. The summed E-state index contributed by atoms with van der Waals surface area (Å²) in [6.07, 6.45) is 0. The summed E-state index contributed by atoms with van der Waals surface area (Å²) in [6, 6.07) is 13.5. The molecular weight excluding hydrogens is 248 g/mol. The van der Waals surface area contributed by atoms with E-state index in [4.69, 9.17) is 16.3 Å². The van der Waals surface area contributed by atoms with Crippen molar-refractivity contribution in [3.63, 3.8) is 0 Å². The molecule has 1 aromatic heterocycles. The second-order valence-corrected chi connectivity index (χ2v) is 4.17. The quantitative estimate of drug-likeness (QED) is 0.834. The summed E-state index contributed by atoms with van der Waals surface area (Å²) in [5.41, 5.74) is 1.14. The Morgan fingerprint density at radius 2 is 2.06 bits per heavy atom. The smallest absolute Gasteiger partial charge is 0.131 e. The summed E-state index contributed by atoms with van der Waals surface area (Å²) in [7, 11) is 0. The lowest BCUT2D eigenvalue weighted by atomic mass is 10.2. The highest BCUT2D eigenvalue weighted by Gasteiger charge is 1.98. The van der Waals surface area contributed by atoms with Gasteiger partial charge in [0, 0.05) is 6.54 Å². The zero-order valence-electron chi connectivity index (χ0n) is 10.2. The molecule has 3 nitrogen and oxygen atoms in total. The number of halogens is 1. The number of nitrogens with zero attached hydrogens (tertiary/aromatic N) is 1. The van der Waals surface area contributed by atoms with Crippen LogP contribution in [0.15, 0.2) is 42.5 Å². The molecule has 0 radical (unpaired) electrons. The van der Waals surface area contributed by atoms with Gasteiger partial charge in [0.15, 0.2) is 0 Å². The molecule has 18 heavy (non-hydrogen) atoms. The molecule has 0 atom stereocenters. The third-order valence-electron chi connectivity index (χ3n) is 2.40. The molecule has 0 aliphatic heterocycles. The van der Waals surface area contributed by atoms with Crippen molar-refractivity contribution in [1.29, 1.82) is 0 Å². The Kier molecular flexibility index (Phi) is 4.42. The SMILES string of the molecule is CCOc1cccc(CNc2cccc(Cl)n2)c1. The summed E-state index contributed by atoms with van der Waals surface area (Å²) in [6.45, 7) is 3.34. The fraction of sp³-hybridized carbons (Fsp3) is 0.214. The molecule has 0 spiro atoms. The number of anilines is 1. The molecule has 0 saturated carbocycles. The zero-order valence-corrected chi connectivity index (χ0v) is 10.9. The lowest BCUT2D eigenvalue weighted by molar-refractivity contribution is 0.340. The molecule has 0 fully saturated rings. The molecular formula is C14H15ClN2O. The number of pyridine rings is 1. The van der Waals surface area contributed by atoms with Gasteiger partial charge in [-0.25, -0.2) is 4.98 Å². The van der Waals surface area contributed by atoms with E-state index in [2.05, 4.69) is 10.3 Å². The number of hydrogen-bond donors (Lipinski definition) is 1. The highest BCUT2D eigenvalue weighted by molar-refractivity contribution is 6.29. The second-order valence-electron chi connectivity index (χ2n) is 3.78. The van der Waals surface area contributed by atoms with Crippen LogP contribution >= 0.6 is 11.6 Å². The normalized spacial score (nSPS) is 10.1. The van der Waals surface area contributed by atoms with Crippen LogP contribution in [0.4, 0.5) is 5.82 Å². The Morgan fingerprint density at radius 1 is 1.22 bits per heavy atom. The van der Waals surface area contributed by atoms with E-state index in [0.717, 1.165) is 17.1 Å². The molecule has 0 aliphatic rings. The van der Waals surface area contributed by atoms with Gasteiger partial charge in [0.25, 0.3) is 0 Å². The lowest BCUT2D eigenvalue weighted by Gasteiger charge is -2.08. The second kappa shape index (κ2) is 6.26. The molecule has 94 valence electrons. The molecule has 1 aromatic carbocycles. The van der Waals surface area contributed by atoms with Crippen molar-refractivity contribution in [3.8, 4) is 5.75 Å². The summed E-state index contributed by atoms with van der Waals surface area (Å²) in [4.78, 5) is 4.17. The van der Waals surface area contributed by atoms with Crippen LogP contribution in [0.1, 0.15) is 12.5 Å². The van der Waals surface area contributed by atoms with E-state index < -0.39 is 0 Å². The molecule has 2 aromatic rings. The maximum absolute atomic E-state index is 5.82. The maximum atomic E-state index is 5.82. The van der Waals surface area contributed by atoms with Gasteiger partial charge in [0.05, 0.1) is 6.61 Å². The van der Waals surface area contributed by atoms with Crippen molar-refractivity contribution in [1.82, 2.24) is 4.98 Å². The molecule has 4 heteroatoms. The van der Waals surface area contributed by atoms with Gasteiger partial charge in [-0.1, -0.05) is 29.8 Å². The predicted octanol–water partition coefficient (Wildman–Crippen LogP) is 3.75. The molecule has 0 bridgehead atoms. The minimum Gasteiger partial charge on any atom is -0.494 e. The summed E-state index contributed by atoms with van der Waals surface area (Å²) in [5, 5.41) is 3.71. The van der Waals surface area contributed by atoms with Crippen molar-refractivity contribution < 1.29 is 4.74 Å². The van der Waals surface area contributed by atoms with Crippen LogP contribution in [-0.2, 0) is 6.54 Å². The van der Waals surface area contributed by atoms with Crippen molar-refractivity contribution in [2.75, 3.05) is 11.9 Å². The van der Waals surface area contributed by atoms with Gasteiger partial charge in [-0.05, 0) is 36.8 Å². The summed E-state index contributed by atoms with van der Waals surface area (Å²) in [5.74, 6) is 1.65. The average molecular weight is 263 g/mol. The first-order valence-corrected chi connectivity index (χ1v) is 6.24. The molecule has 0 saturated heterocycles. The lowest BCUT2D eigenvalue weighted by Crippen LogP contribution is -2.01. The van der Waals surface area contributed by atoms with Crippen molar-refractivity contribution in [2.24, 2.45) is 0 Å². The monoisotopic (exact) mass is 262 g/mol. The predicted molar refractivity (Wildman–Crippen MR) is 74.2 cm³/mol. The van der Waals surface area contributed by atoms with Crippen molar-refractivity contribution in [2.45, 2.75) is 13.5 Å². The Balaban J connectivity index is 1.99. The Bertz CT molecular complexity index is 517. The van der Waals surface area contributed by atoms with E-state index >= 15 is 0 Å². The fourth-order valence-electron chi connectivity index (χ4n) is 1.61. The highest BCUT2D eigenvalue weighted by Crippen LogP contribution is 2.15. The molecule has 1 heterocycles. The third-order valence-corrected chi connectivity index (χ3v) is 2.61. The number of rotatable bonds is 5. The minimum atomic E-state index is 0.489. The van der Waals surface area contributed by atoms with Gasteiger partial charge in [-0.15, -0.1) is 0 Å². The van der Waals surface area contributed by atoms with E-state index in [9.17, 15) is 0 Å². The first-order chi connectivity index (χ1) is 8.78. The van der Waals surface area contributed by atoms with Gasteiger partial charge in [0.2, 0.25) is 0 Å². The van der Waals surface area contributed by atoms with Crippen LogP contribution in [0.2, 0.25) is 5.15 Å². The number of aromatic nitrogens is 1. The zero-order chi connectivity index (χ0) is 12.8. The molecule has 2 rings (SSSR count). The Morgan fingerprint density at radius 3 is 2.83 bits per heavy atom. The van der Waals surface area contributed by atoms with Gasteiger partial charge in [0.1, 0.15) is 16.7 Å². The minimum absolute atomic E-state index is 0.489. The number of nitrogens with one attached hydrogen (secondary N) is 1. The first-order valence-electron chi connectivity index (χ1n) is 5.86. The van der Waals surface area contributed by atoms with Crippen LogP contribution in [0.3, 0.4) is 0 Å². The maximum Gasteiger partial charge on any atom is 0.131 e.